The predicted molar refractivity (Wildman–Crippen MR) is 112 cm³/mol. The summed E-state index contributed by atoms with van der Waals surface area (Å²) in [6, 6.07) is 13.0. The van der Waals surface area contributed by atoms with E-state index >= 15 is 0 Å². The Morgan fingerprint density at radius 2 is 1.96 bits per heavy atom. The average molecular weight is 375 g/mol. The number of hydrogen-bond donors (Lipinski definition) is 1. The molecular weight excluding hydrogens is 350 g/mol. The first-order valence-electron chi connectivity index (χ1n) is 10.1. The summed E-state index contributed by atoms with van der Waals surface area (Å²) in [6.07, 6.45) is 6.11. The van der Waals surface area contributed by atoms with E-state index in [1.807, 2.05) is 28.8 Å². The van der Waals surface area contributed by atoms with E-state index in [-0.39, 0.29) is 11.5 Å². The zero-order valence-corrected chi connectivity index (χ0v) is 16.2. The molecule has 0 saturated heterocycles. The molecule has 2 aromatic carbocycles. The topological polar surface area (TPSA) is 64.0 Å². The van der Waals surface area contributed by atoms with E-state index in [1.165, 1.54) is 12.0 Å². The van der Waals surface area contributed by atoms with Gasteiger partial charge in [-0.1, -0.05) is 31.9 Å². The van der Waals surface area contributed by atoms with Crippen molar-refractivity contribution in [3.05, 3.63) is 69.8 Å². The second-order valence-corrected chi connectivity index (χ2v) is 7.39. The lowest BCUT2D eigenvalue weighted by molar-refractivity contribution is 0.102. The van der Waals surface area contributed by atoms with E-state index in [0.717, 1.165) is 50.2 Å². The van der Waals surface area contributed by atoms with Crippen molar-refractivity contribution in [2.75, 3.05) is 5.32 Å². The van der Waals surface area contributed by atoms with Gasteiger partial charge in [0.25, 0.3) is 11.5 Å². The van der Waals surface area contributed by atoms with Crippen LogP contribution in [0.25, 0.3) is 10.9 Å². The Bertz CT molecular complexity index is 1080. The van der Waals surface area contributed by atoms with Crippen LogP contribution in [0.3, 0.4) is 0 Å². The molecule has 0 aliphatic carbocycles. The summed E-state index contributed by atoms with van der Waals surface area (Å²) < 4.78 is 1.82. The normalized spacial score (nSPS) is 14.2. The lowest BCUT2D eigenvalue weighted by Gasteiger charge is -2.16. The van der Waals surface area contributed by atoms with Gasteiger partial charge in [-0.3, -0.25) is 14.2 Å². The summed E-state index contributed by atoms with van der Waals surface area (Å²) in [7, 11) is 0. The fourth-order valence-electron chi connectivity index (χ4n) is 3.81. The van der Waals surface area contributed by atoms with Gasteiger partial charge >= 0.3 is 0 Å². The van der Waals surface area contributed by atoms with Gasteiger partial charge in [0.15, 0.2) is 0 Å². The molecular formula is C23H25N3O2. The van der Waals surface area contributed by atoms with Crippen LogP contribution in [0, 0.1) is 0 Å². The van der Waals surface area contributed by atoms with E-state index in [2.05, 4.69) is 12.2 Å². The molecule has 1 aliphatic heterocycles. The fourth-order valence-corrected chi connectivity index (χ4v) is 3.81. The number of fused-ring (bicyclic) bond motifs is 2. The first-order valence-corrected chi connectivity index (χ1v) is 10.1. The van der Waals surface area contributed by atoms with Gasteiger partial charge in [0.1, 0.15) is 5.82 Å². The van der Waals surface area contributed by atoms with E-state index in [4.69, 9.17) is 4.98 Å². The van der Waals surface area contributed by atoms with Gasteiger partial charge in [-0.15, -0.1) is 0 Å². The number of aromatic nitrogens is 2. The number of amides is 1. The molecule has 5 heteroatoms. The molecule has 144 valence electrons. The third-order valence-corrected chi connectivity index (χ3v) is 5.42. The van der Waals surface area contributed by atoms with Crippen LogP contribution in [-0.4, -0.2) is 15.5 Å². The van der Waals surface area contributed by atoms with Crippen molar-refractivity contribution in [1.82, 2.24) is 9.55 Å². The Morgan fingerprint density at radius 1 is 1.11 bits per heavy atom. The summed E-state index contributed by atoms with van der Waals surface area (Å²) in [6.45, 7) is 2.81. The summed E-state index contributed by atoms with van der Waals surface area (Å²) in [5, 5.41) is 3.52. The monoisotopic (exact) mass is 375 g/mol. The number of carbonyl (C=O) groups excluding carboxylic acids is 1. The van der Waals surface area contributed by atoms with Crippen LogP contribution in [0.15, 0.2) is 47.3 Å². The highest BCUT2D eigenvalue weighted by molar-refractivity contribution is 6.06. The van der Waals surface area contributed by atoms with Crippen molar-refractivity contribution >= 4 is 22.5 Å². The Kier molecular flexibility index (Phi) is 5.24. The van der Waals surface area contributed by atoms with E-state index < -0.39 is 0 Å². The molecule has 0 bridgehead atoms. The number of hydrogen-bond acceptors (Lipinski definition) is 3. The first kappa shape index (κ1) is 18.4. The van der Waals surface area contributed by atoms with Crippen LogP contribution < -0.4 is 10.9 Å². The number of aryl methyl sites for hydroxylation is 2. The molecule has 2 heterocycles. The summed E-state index contributed by atoms with van der Waals surface area (Å²) >= 11 is 0. The molecule has 1 aromatic heterocycles. The summed E-state index contributed by atoms with van der Waals surface area (Å²) in [5.41, 5.74) is 3.06. The Hall–Kier alpha value is -2.95. The lowest BCUT2D eigenvalue weighted by atomic mass is 10.1. The molecule has 1 amide bonds. The van der Waals surface area contributed by atoms with Crippen molar-refractivity contribution in [3.8, 4) is 0 Å². The van der Waals surface area contributed by atoms with Crippen LogP contribution in [0.5, 0.6) is 0 Å². The quantitative estimate of drug-likeness (QED) is 0.741. The Morgan fingerprint density at radius 3 is 2.82 bits per heavy atom. The number of carbonyl (C=O) groups is 1. The molecule has 0 spiro atoms. The van der Waals surface area contributed by atoms with Crippen molar-refractivity contribution in [2.45, 2.75) is 52.0 Å². The molecule has 28 heavy (non-hydrogen) atoms. The SMILES string of the molecule is CCc1cccc(NC(=O)c2ccc3c(=O)n4c(nc3c2)CCCCCC4)c1. The molecule has 1 N–H and O–H groups in total. The van der Waals surface area contributed by atoms with Gasteiger partial charge in [0.05, 0.1) is 10.9 Å². The minimum absolute atomic E-state index is 0.00417. The highest BCUT2D eigenvalue weighted by atomic mass is 16.1. The zero-order chi connectivity index (χ0) is 19.5. The van der Waals surface area contributed by atoms with Crippen molar-refractivity contribution in [1.29, 1.82) is 0 Å². The molecule has 5 nitrogen and oxygen atoms in total. The average Bonchev–Trinajstić information content (AvgIpc) is 2.69. The second kappa shape index (κ2) is 7.97. The molecule has 1 aliphatic rings. The Labute approximate surface area is 164 Å². The molecule has 0 saturated carbocycles. The summed E-state index contributed by atoms with van der Waals surface area (Å²) in [5.74, 6) is 0.647. The number of anilines is 1. The first-order chi connectivity index (χ1) is 13.7. The molecule has 0 atom stereocenters. The van der Waals surface area contributed by atoms with E-state index in [9.17, 15) is 9.59 Å². The highest BCUT2D eigenvalue weighted by Crippen LogP contribution is 2.18. The minimum atomic E-state index is -0.191. The molecule has 4 rings (SSSR count). The van der Waals surface area contributed by atoms with Gasteiger partial charge < -0.3 is 5.32 Å². The largest absolute Gasteiger partial charge is 0.322 e. The van der Waals surface area contributed by atoms with Gasteiger partial charge in [-0.05, 0) is 55.2 Å². The lowest BCUT2D eigenvalue weighted by Crippen LogP contribution is -2.26. The maximum absolute atomic E-state index is 12.9. The van der Waals surface area contributed by atoms with Crippen molar-refractivity contribution in [3.63, 3.8) is 0 Å². The molecule has 0 unspecified atom stereocenters. The number of rotatable bonds is 3. The van der Waals surface area contributed by atoms with Gasteiger partial charge in [0, 0.05) is 24.2 Å². The third-order valence-electron chi connectivity index (χ3n) is 5.42. The van der Waals surface area contributed by atoms with Crippen LogP contribution in [0.2, 0.25) is 0 Å². The standard InChI is InChI=1S/C23H25N3O2/c1-2-16-8-7-9-18(14-16)24-22(27)17-11-12-19-20(15-17)25-21-10-5-3-4-6-13-26(21)23(19)28/h7-9,11-12,14-15H,2-6,10,13H2,1H3,(H,24,27). The Balaban J connectivity index is 1.67. The second-order valence-electron chi connectivity index (χ2n) is 7.39. The number of nitrogens with one attached hydrogen (secondary N) is 1. The van der Waals surface area contributed by atoms with Gasteiger partial charge in [-0.25, -0.2) is 4.98 Å². The number of benzene rings is 2. The molecule has 3 aromatic rings. The predicted octanol–water partition coefficient (Wildman–Crippen LogP) is 4.33. The summed E-state index contributed by atoms with van der Waals surface area (Å²) in [4.78, 5) is 30.4. The smallest absolute Gasteiger partial charge is 0.261 e. The maximum Gasteiger partial charge on any atom is 0.261 e. The molecule has 0 fully saturated rings. The maximum atomic E-state index is 12.9. The van der Waals surface area contributed by atoms with E-state index in [0.29, 0.717) is 16.5 Å². The van der Waals surface area contributed by atoms with Crippen LogP contribution in [-0.2, 0) is 19.4 Å². The van der Waals surface area contributed by atoms with Gasteiger partial charge in [0.2, 0.25) is 0 Å². The van der Waals surface area contributed by atoms with Crippen molar-refractivity contribution in [2.24, 2.45) is 0 Å². The third kappa shape index (κ3) is 3.70. The zero-order valence-electron chi connectivity index (χ0n) is 16.2. The van der Waals surface area contributed by atoms with Crippen LogP contribution in [0.1, 0.15) is 54.4 Å². The fraction of sp³-hybridized carbons (Fsp3) is 0.348. The van der Waals surface area contributed by atoms with Crippen molar-refractivity contribution < 1.29 is 4.79 Å². The highest BCUT2D eigenvalue weighted by Gasteiger charge is 2.15. The van der Waals surface area contributed by atoms with Crippen LogP contribution in [0.4, 0.5) is 5.69 Å². The number of nitrogens with zero attached hydrogens (tertiary/aromatic N) is 2. The minimum Gasteiger partial charge on any atom is -0.322 e. The van der Waals surface area contributed by atoms with E-state index in [1.54, 1.807) is 18.2 Å². The van der Waals surface area contributed by atoms with Crippen LogP contribution >= 0.6 is 0 Å². The molecule has 0 radical (unpaired) electrons. The van der Waals surface area contributed by atoms with Gasteiger partial charge in [-0.2, -0.15) is 0 Å².